The van der Waals surface area contributed by atoms with Crippen LogP contribution in [0.5, 0.6) is 5.75 Å². The Morgan fingerprint density at radius 2 is 1.81 bits per heavy atom. The number of hydrogen-bond acceptors (Lipinski definition) is 2. The van der Waals surface area contributed by atoms with Gasteiger partial charge in [0.1, 0.15) is 5.75 Å². The van der Waals surface area contributed by atoms with Crippen LogP contribution in [0, 0.1) is 0 Å². The molecule has 2 N–H and O–H groups in total. The molecule has 0 aliphatic rings. The van der Waals surface area contributed by atoms with Crippen molar-refractivity contribution in [1.82, 2.24) is 0 Å². The number of fused-ring (bicyclic) bond motifs is 1. The zero-order chi connectivity index (χ0) is 11.5. The van der Waals surface area contributed by atoms with Crippen LogP contribution in [0.4, 0.5) is 0 Å². The van der Waals surface area contributed by atoms with Gasteiger partial charge in [-0.25, -0.2) is 4.79 Å². The molecule has 0 amide bonds. The number of phenolic OH excluding ortho intramolecular Hbond substituents is 1. The minimum Gasteiger partial charge on any atom is -0.508 e. The van der Waals surface area contributed by atoms with Crippen molar-refractivity contribution in [3.05, 3.63) is 48.0 Å². The molecule has 2 aromatic rings. The lowest BCUT2D eigenvalue weighted by atomic mass is 10.1. The number of benzene rings is 2. The Kier molecular flexibility index (Phi) is 2.60. The third-order valence-corrected chi connectivity index (χ3v) is 2.27. The molecule has 0 spiro atoms. The fraction of sp³-hybridized carbons (Fsp3) is 0. The number of rotatable bonds is 2. The summed E-state index contributed by atoms with van der Waals surface area (Å²) in [6, 6.07) is 10.6. The molecule has 0 bridgehead atoms. The Morgan fingerprint density at radius 1 is 1.06 bits per heavy atom. The zero-order valence-electron chi connectivity index (χ0n) is 8.42. The first-order valence-corrected chi connectivity index (χ1v) is 4.79. The molecule has 16 heavy (non-hydrogen) atoms. The van der Waals surface area contributed by atoms with E-state index in [-0.39, 0.29) is 5.75 Å². The van der Waals surface area contributed by atoms with Gasteiger partial charge in [0.05, 0.1) is 0 Å². The third-order valence-electron chi connectivity index (χ3n) is 2.27. The topological polar surface area (TPSA) is 57.5 Å². The van der Waals surface area contributed by atoms with E-state index in [2.05, 4.69) is 0 Å². The molecule has 0 saturated carbocycles. The van der Waals surface area contributed by atoms with Crippen LogP contribution < -0.4 is 0 Å². The van der Waals surface area contributed by atoms with Crippen molar-refractivity contribution in [3.63, 3.8) is 0 Å². The van der Waals surface area contributed by atoms with Gasteiger partial charge in [0.15, 0.2) is 0 Å². The van der Waals surface area contributed by atoms with Gasteiger partial charge >= 0.3 is 5.97 Å². The Hall–Kier alpha value is -2.29. The molecule has 2 rings (SSSR count). The molecular weight excluding hydrogens is 204 g/mol. The number of carboxylic acids is 1. The lowest BCUT2D eigenvalue weighted by molar-refractivity contribution is -0.131. The van der Waals surface area contributed by atoms with Gasteiger partial charge in [0.2, 0.25) is 0 Å². The number of aliphatic carboxylic acids is 1. The van der Waals surface area contributed by atoms with Gasteiger partial charge in [-0.2, -0.15) is 0 Å². The number of aromatic hydroxyl groups is 1. The average molecular weight is 214 g/mol. The SMILES string of the molecule is O=C(O)C=Cc1ccc2ccc(O)cc2c1. The first-order valence-electron chi connectivity index (χ1n) is 4.79. The number of hydrogen-bond donors (Lipinski definition) is 2. The minimum atomic E-state index is -0.976. The van der Waals surface area contributed by atoms with E-state index in [0.717, 1.165) is 22.4 Å². The largest absolute Gasteiger partial charge is 0.508 e. The molecule has 2 aromatic carbocycles. The van der Waals surface area contributed by atoms with Crippen LogP contribution in [0.1, 0.15) is 5.56 Å². The fourth-order valence-electron chi connectivity index (χ4n) is 1.52. The summed E-state index contributed by atoms with van der Waals surface area (Å²) in [5.41, 5.74) is 0.792. The van der Waals surface area contributed by atoms with Crippen molar-refractivity contribution >= 4 is 22.8 Å². The summed E-state index contributed by atoms with van der Waals surface area (Å²) in [4.78, 5) is 10.4. The summed E-state index contributed by atoms with van der Waals surface area (Å²) in [5.74, 6) is -0.775. The van der Waals surface area contributed by atoms with E-state index in [9.17, 15) is 9.90 Å². The lowest BCUT2D eigenvalue weighted by Gasteiger charge is -2.00. The first-order chi connectivity index (χ1) is 7.65. The second kappa shape index (κ2) is 4.06. The van der Waals surface area contributed by atoms with Crippen molar-refractivity contribution in [2.75, 3.05) is 0 Å². The maximum absolute atomic E-state index is 10.4. The summed E-state index contributed by atoms with van der Waals surface area (Å²) in [6.07, 6.45) is 2.61. The van der Waals surface area contributed by atoms with Gasteiger partial charge in [0, 0.05) is 6.08 Å². The van der Waals surface area contributed by atoms with Crippen LogP contribution in [0.25, 0.3) is 16.8 Å². The standard InChI is InChI=1S/C13H10O3/c14-12-5-4-10-3-1-9(2-6-13(15)16)7-11(10)8-12/h1-8,14H,(H,15,16). The van der Waals surface area contributed by atoms with Gasteiger partial charge in [-0.15, -0.1) is 0 Å². The molecular formula is C13H10O3. The van der Waals surface area contributed by atoms with E-state index in [1.807, 2.05) is 24.3 Å². The molecule has 0 aliphatic carbocycles. The molecule has 0 saturated heterocycles. The van der Waals surface area contributed by atoms with Gasteiger partial charge in [-0.05, 0) is 40.6 Å². The predicted molar refractivity (Wildman–Crippen MR) is 62.3 cm³/mol. The maximum Gasteiger partial charge on any atom is 0.328 e. The molecule has 3 heteroatoms. The van der Waals surface area contributed by atoms with Crippen molar-refractivity contribution < 1.29 is 15.0 Å². The van der Waals surface area contributed by atoms with Crippen LogP contribution >= 0.6 is 0 Å². The highest BCUT2D eigenvalue weighted by molar-refractivity contribution is 5.89. The Balaban J connectivity index is 2.46. The second-order valence-electron chi connectivity index (χ2n) is 3.46. The maximum atomic E-state index is 10.4. The Morgan fingerprint density at radius 3 is 2.56 bits per heavy atom. The van der Waals surface area contributed by atoms with Crippen molar-refractivity contribution in [3.8, 4) is 5.75 Å². The smallest absolute Gasteiger partial charge is 0.328 e. The molecule has 3 nitrogen and oxygen atoms in total. The van der Waals surface area contributed by atoms with Gasteiger partial charge < -0.3 is 10.2 Å². The normalized spacial score (nSPS) is 11.0. The second-order valence-corrected chi connectivity index (χ2v) is 3.46. The summed E-state index contributed by atoms with van der Waals surface area (Å²) in [7, 11) is 0. The monoisotopic (exact) mass is 214 g/mol. The molecule has 0 heterocycles. The van der Waals surface area contributed by atoms with Crippen LogP contribution in [0.2, 0.25) is 0 Å². The molecule has 0 aromatic heterocycles. The van der Waals surface area contributed by atoms with Crippen LogP contribution in [0.15, 0.2) is 42.5 Å². The van der Waals surface area contributed by atoms with Crippen molar-refractivity contribution in [1.29, 1.82) is 0 Å². The summed E-state index contributed by atoms with van der Waals surface area (Å²) >= 11 is 0. The van der Waals surface area contributed by atoms with E-state index in [1.165, 1.54) is 6.08 Å². The lowest BCUT2D eigenvalue weighted by Crippen LogP contribution is -1.85. The average Bonchev–Trinajstić information content (AvgIpc) is 2.25. The van der Waals surface area contributed by atoms with E-state index in [4.69, 9.17) is 5.11 Å². The highest BCUT2D eigenvalue weighted by Gasteiger charge is 1.96. The molecule has 0 fully saturated rings. The molecule has 0 aliphatic heterocycles. The summed E-state index contributed by atoms with van der Waals surface area (Å²) in [6.45, 7) is 0. The van der Waals surface area contributed by atoms with Crippen molar-refractivity contribution in [2.24, 2.45) is 0 Å². The number of carbonyl (C=O) groups is 1. The minimum absolute atomic E-state index is 0.201. The molecule has 0 atom stereocenters. The van der Waals surface area contributed by atoms with Crippen LogP contribution in [-0.2, 0) is 4.79 Å². The first kappa shape index (κ1) is 10.2. The van der Waals surface area contributed by atoms with Crippen LogP contribution in [-0.4, -0.2) is 16.2 Å². The van der Waals surface area contributed by atoms with Gasteiger partial charge in [-0.1, -0.05) is 18.2 Å². The van der Waals surface area contributed by atoms with E-state index in [0.29, 0.717) is 0 Å². The third kappa shape index (κ3) is 2.20. The Labute approximate surface area is 92.3 Å². The van der Waals surface area contributed by atoms with E-state index >= 15 is 0 Å². The number of phenols is 1. The molecule has 80 valence electrons. The number of carboxylic acid groups (broad SMARTS) is 1. The Bertz CT molecular complexity index is 570. The zero-order valence-corrected chi connectivity index (χ0v) is 8.42. The van der Waals surface area contributed by atoms with Crippen molar-refractivity contribution in [2.45, 2.75) is 0 Å². The fourth-order valence-corrected chi connectivity index (χ4v) is 1.52. The van der Waals surface area contributed by atoms with Gasteiger partial charge in [0.25, 0.3) is 0 Å². The quantitative estimate of drug-likeness (QED) is 0.755. The van der Waals surface area contributed by atoms with Crippen LogP contribution in [0.3, 0.4) is 0 Å². The predicted octanol–water partition coefficient (Wildman–Crippen LogP) is 2.64. The molecule has 0 radical (unpaired) electrons. The highest BCUT2D eigenvalue weighted by Crippen LogP contribution is 2.21. The molecule has 0 unspecified atom stereocenters. The summed E-state index contributed by atoms with van der Waals surface area (Å²) < 4.78 is 0. The highest BCUT2D eigenvalue weighted by atomic mass is 16.4. The van der Waals surface area contributed by atoms with E-state index < -0.39 is 5.97 Å². The van der Waals surface area contributed by atoms with E-state index in [1.54, 1.807) is 12.1 Å². The summed E-state index contributed by atoms with van der Waals surface area (Å²) in [5, 5.41) is 19.7. The van der Waals surface area contributed by atoms with Gasteiger partial charge in [-0.3, -0.25) is 0 Å².